The van der Waals surface area contributed by atoms with Crippen LogP contribution >= 0.6 is 11.6 Å². The molecule has 2 atom stereocenters. The number of rotatable bonds is 10. The molecule has 1 fully saturated rings. The highest BCUT2D eigenvalue weighted by atomic mass is 35.5. The molecule has 0 bridgehead atoms. The molecular formula is C23H27BClN3O7S. The largest absolute Gasteiger partial charge is 0.482 e. The highest BCUT2D eigenvalue weighted by molar-refractivity contribution is 7.89. The Kier molecular flexibility index (Phi) is 8.21. The quantitative estimate of drug-likeness (QED) is 0.287. The number of amides is 2. The molecule has 1 aliphatic heterocycles. The summed E-state index contributed by atoms with van der Waals surface area (Å²) in [6.07, 6.45) is 3.34. The van der Waals surface area contributed by atoms with Crippen LogP contribution in [0.15, 0.2) is 47.4 Å². The van der Waals surface area contributed by atoms with Crippen molar-refractivity contribution >= 4 is 46.2 Å². The second-order valence-corrected chi connectivity index (χ2v) is 11.1. The molecule has 0 spiro atoms. The molecule has 1 heterocycles. The summed E-state index contributed by atoms with van der Waals surface area (Å²) in [5.41, 5.74) is 0.938. The first-order valence-electron chi connectivity index (χ1n) is 11.6. The fourth-order valence-electron chi connectivity index (χ4n) is 4.20. The van der Waals surface area contributed by atoms with Crippen LogP contribution in [0.5, 0.6) is 5.75 Å². The first-order valence-corrected chi connectivity index (χ1v) is 13.5. The minimum absolute atomic E-state index is 0.0126. The van der Waals surface area contributed by atoms with Crippen LogP contribution in [0.4, 0.5) is 5.69 Å². The smallest absolute Gasteiger partial charge is 0.475 e. The van der Waals surface area contributed by atoms with Gasteiger partial charge >= 0.3 is 7.12 Å². The molecule has 10 nitrogen and oxygen atoms in total. The fourth-order valence-corrected chi connectivity index (χ4v) is 5.94. The number of hydrogen-bond donors (Lipinski definition) is 5. The van der Waals surface area contributed by atoms with E-state index < -0.39 is 40.9 Å². The second kappa shape index (κ2) is 11.2. The monoisotopic (exact) mass is 535 g/mol. The number of sulfonamides is 1. The zero-order valence-electron chi connectivity index (χ0n) is 19.3. The van der Waals surface area contributed by atoms with E-state index in [-0.39, 0.29) is 40.3 Å². The van der Waals surface area contributed by atoms with Gasteiger partial charge in [0.2, 0.25) is 15.9 Å². The third-order valence-electron chi connectivity index (χ3n) is 6.35. The Balaban J connectivity index is 1.58. The van der Waals surface area contributed by atoms with Crippen LogP contribution in [0.2, 0.25) is 5.02 Å². The highest BCUT2D eigenvalue weighted by Crippen LogP contribution is 2.36. The van der Waals surface area contributed by atoms with Crippen molar-refractivity contribution in [2.24, 2.45) is 5.92 Å². The molecule has 0 saturated heterocycles. The Hall–Kier alpha value is -2.64. The molecule has 2 aromatic rings. The van der Waals surface area contributed by atoms with E-state index in [1.807, 2.05) is 0 Å². The minimum atomic E-state index is -4.34. The lowest BCUT2D eigenvalue weighted by Gasteiger charge is -2.30. The summed E-state index contributed by atoms with van der Waals surface area (Å²) < 4.78 is 34.4. The van der Waals surface area contributed by atoms with Gasteiger partial charge in [-0.3, -0.25) is 9.59 Å². The highest BCUT2D eigenvalue weighted by Gasteiger charge is 2.35. The van der Waals surface area contributed by atoms with Crippen molar-refractivity contribution in [1.82, 2.24) is 10.0 Å². The fraction of sp³-hybridized carbons (Fsp3) is 0.391. The van der Waals surface area contributed by atoms with Crippen LogP contribution in [0.25, 0.3) is 0 Å². The van der Waals surface area contributed by atoms with Gasteiger partial charge in [0.05, 0.1) is 16.7 Å². The molecule has 1 saturated carbocycles. The van der Waals surface area contributed by atoms with Crippen molar-refractivity contribution in [3.63, 3.8) is 0 Å². The lowest BCUT2D eigenvalue weighted by molar-refractivity contribution is -0.123. The zero-order chi connectivity index (χ0) is 25.9. The van der Waals surface area contributed by atoms with Crippen LogP contribution in [0.1, 0.15) is 31.2 Å². The predicted octanol–water partition coefficient (Wildman–Crippen LogP) is 1.25. The molecule has 36 heavy (non-hydrogen) atoms. The van der Waals surface area contributed by atoms with Gasteiger partial charge in [0.25, 0.3) is 5.91 Å². The van der Waals surface area contributed by atoms with E-state index in [0.717, 1.165) is 19.3 Å². The summed E-state index contributed by atoms with van der Waals surface area (Å²) in [5, 5.41) is 24.6. The van der Waals surface area contributed by atoms with Crippen molar-refractivity contribution in [3.05, 3.63) is 53.1 Å². The Morgan fingerprint density at radius 2 is 1.94 bits per heavy atom. The van der Waals surface area contributed by atoms with Crippen molar-refractivity contribution in [1.29, 1.82) is 0 Å². The van der Waals surface area contributed by atoms with Crippen LogP contribution < -0.4 is 20.1 Å². The Morgan fingerprint density at radius 3 is 2.58 bits per heavy atom. The van der Waals surface area contributed by atoms with Crippen LogP contribution in [0, 0.1) is 5.92 Å². The summed E-state index contributed by atoms with van der Waals surface area (Å²) in [6.45, 7) is -0.271. The molecule has 2 aliphatic rings. The maximum Gasteiger partial charge on any atom is 0.475 e. The molecule has 0 radical (unpaired) electrons. The molecule has 192 valence electrons. The SMILES string of the molecule is O=C1COc2cc(S(=O)(=O)N[C@@H](Cc3ccccc3)C(=O)N[C@@H](CC3CCC3)B(O)O)c(Cl)cc2N1. The molecule has 2 aromatic carbocycles. The summed E-state index contributed by atoms with van der Waals surface area (Å²) in [6, 6.07) is 10.0. The number of anilines is 1. The van der Waals surface area contributed by atoms with Gasteiger partial charge in [-0.2, -0.15) is 4.72 Å². The van der Waals surface area contributed by atoms with Gasteiger partial charge in [-0.1, -0.05) is 61.2 Å². The Labute approximate surface area is 214 Å². The number of benzene rings is 2. The average molecular weight is 536 g/mol. The van der Waals surface area contributed by atoms with Gasteiger partial charge in [0, 0.05) is 6.07 Å². The van der Waals surface area contributed by atoms with Crippen molar-refractivity contribution < 1.29 is 32.8 Å². The van der Waals surface area contributed by atoms with Gasteiger partial charge in [-0.05, 0) is 30.4 Å². The van der Waals surface area contributed by atoms with Crippen LogP contribution in [-0.4, -0.2) is 56.0 Å². The van der Waals surface area contributed by atoms with Gasteiger partial charge in [-0.15, -0.1) is 0 Å². The number of nitrogens with one attached hydrogen (secondary N) is 3. The van der Waals surface area contributed by atoms with Crippen LogP contribution in [-0.2, 0) is 26.0 Å². The lowest BCUT2D eigenvalue weighted by atomic mass is 9.69. The van der Waals surface area contributed by atoms with E-state index in [9.17, 15) is 28.1 Å². The van der Waals surface area contributed by atoms with Crippen molar-refractivity contribution in [2.75, 3.05) is 11.9 Å². The second-order valence-electron chi connectivity index (χ2n) is 9.04. The predicted molar refractivity (Wildman–Crippen MR) is 134 cm³/mol. The van der Waals surface area contributed by atoms with Gasteiger partial charge in [0.15, 0.2) is 6.61 Å². The minimum Gasteiger partial charge on any atom is -0.482 e. The van der Waals surface area contributed by atoms with E-state index in [2.05, 4.69) is 15.4 Å². The average Bonchev–Trinajstić information content (AvgIpc) is 2.79. The molecule has 0 unspecified atom stereocenters. The summed E-state index contributed by atoms with van der Waals surface area (Å²) in [7, 11) is -6.12. The molecule has 1 aliphatic carbocycles. The number of fused-ring (bicyclic) bond motifs is 1. The zero-order valence-corrected chi connectivity index (χ0v) is 20.9. The van der Waals surface area contributed by atoms with E-state index in [1.54, 1.807) is 30.3 Å². The van der Waals surface area contributed by atoms with Gasteiger partial charge < -0.3 is 25.4 Å². The van der Waals surface area contributed by atoms with Crippen molar-refractivity contribution in [3.8, 4) is 5.75 Å². The Morgan fingerprint density at radius 1 is 1.22 bits per heavy atom. The molecule has 5 N–H and O–H groups in total. The lowest BCUT2D eigenvalue weighted by Crippen LogP contribution is -2.55. The first-order chi connectivity index (χ1) is 17.1. The summed E-state index contributed by atoms with van der Waals surface area (Å²) in [5.74, 6) is -1.62. The summed E-state index contributed by atoms with van der Waals surface area (Å²) in [4.78, 5) is 24.5. The standard InChI is InChI=1S/C23H27BClN3O7S/c25-16-11-17-19(35-13-22(29)26-17)12-20(16)36(33,34)28-18(9-14-5-2-1-3-6-14)23(30)27-21(24(31)32)10-15-7-4-8-15/h1-3,5-6,11-12,15,18,21,28,31-32H,4,7-10,13H2,(H,26,29)(H,27,30)/t18-,21-/m0/s1. The van der Waals surface area contributed by atoms with E-state index in [0.29, 0.717) is 12.0 Å². The number of carbonyl (C=O) groups is 2. The third kappa shape index (κ3) is 6.37. The van der Waals surface area contributed by atoms with Gasteiger partial charge in [-0.25, -0.2) is 8.42 Å². The normalized spacial score (nSPS) is 17.1. The molecule has 2 amide bonds. The van der Waals surface area contributed by atoms with Gasteiger partial charge in [0.1, 0.15) is 16.7 Å². The third-order valence-corrected chi connectivity index (χ3v) is 8.29. The number of carbonyl (C=O) groups excluding carboxylic acids is 2. The molecule has 4 rings (SSSR count). The maximum absolute atomic E-state index is 13.3. The Bertz CT molecular complexity index is 1230. The number of ether oxygens (including phenoxy) is 1. The summed E-state index contributed by atoms with van der Waals surface area (Å²) >= 11 is 6.23. The molecular weight excluding hydrogens is 509 g/mol. The maximum atomic E-state index is 13.3. The molecule has 13 heteroatoms. The first kappa shape index (κ1) is 26.4. The number of hydrogen-bond acceptors (Lipinski definition) is 7. The molecule has 0 aromatic heterocycles. The number of halogens is 1. The van der Waals surface area contributed by atoms with Crippen LogP contribution in [0.3, 0.4) is 0 Å². The topological polar surface area (TPSA) is 154 Å². The van der Waals surface area contributed by atoms with E-state index in [1.165, 1.54) is 12.1 Å². The van der Waals surface area contributed by atoms with Crippen molar-refractivity contribution in [2.45, 2.75) is 49.0 Å². The van der Waals surface area contributed by atoms with E-state index in [4.69, 9.17) is 16.3 Å². The van der Waals surface area contributed by atoms with E-state index >= 15 is 0 Å².